The number of aromatic nitrogens is 1. The molecule has 0 bridgehead atoms. The zero-order chi connectivity index (χ0) is 18.6. The summed E-state index contributed by atoms with van der Waals surface area (Å²) < 4.78 is 45.9. The largest absolute Gasteiger partial charge is 0.444 e. The first kappa shape index (κ1) is 17.0. The van der Waals surface area contributed by atoms with Gasteiger partial charge in [0.2, 0.25) is 0 Å². The molecule has 1 aromatic heterocycles. The van der Waals surface area contributed by atoms with Gasteiger partial charge in [0.05, 0.1) is 24.3 Å². The van der Waals surface area contributed by atoms with E-state index in [0.29, 0.717) is 31.0 Å². The highest BCUT2D eigenvalue weighted by atomic mass is 19.4. The summed E-state index contributed by atoms with van der Waals surface area (Å²) >= 11 is 0. The molecule has 26 heavy (non-hydrogen) atoms. The number of hydrazine groups is 1. The number of aryl methyl sites for hydroxylation is 1. The Morgan fingerprint density at radius 3 is 2.81 bits per heavy atom. The first-order valence-electron chi connectivity index (χ1n) is 8.19. The van der Waals surface area contributed by atoms with Gasteiger partial charge in [-0.1, -0.05) is 0 Å². The molecular formula is C17H17F3N4O2. The van der Waals surface area contributed by atoms with E-state index < -0.39 is 17.6 Å². The zero-order valence-corrected chi connectivity index (χ0v) is 14.1. The third-order valence-corrected chi connectivity index (χ3v) is 4.76. The molecule has 1 amide bonds. The van der Waals surface area contributed by atoms with Crippen LogP contribution in [0.4, 0.5) is 13.2 Å². The lowest BCUT2D eigenvalue weighted by Gasteiger charge is -2.25. The number of hydrogen-bond acceptors (Lipinski definition) is 5. The van der Waals surface area contributed by atoms with Crippen LogP contribution in [0.25, 0.3) is 0 Å². The van der Waals surface area contributed by atoms with Crippen LogP contribution in [0.5, 0.6) is 0 Å². The molecule has 2 aliphatic heterocycles. The molecule has 1 aromatic carbocycles. The summed E-state index contributed by atoms with van der Waals surface area (Å²) in [6.07, 6.45) is -3.86. The van der Waals surface area contributed by atoms with Gasteiger partial charge >= 0.3 is 6.18 Å². The molecule has 6 nitrogen and oxygen atoms in total. The topological polar surface area (TPSA) is 75.6 Å². The smallest absolute Gasteiger partial charge is 0.416 e. The summed E-state index contributed by atoms with van der Waals surface area (Å²) in [5.41, 5.74) is 0.516. The summed E-state index contributed by atoms with van der Waals surface area (Å²) in [5, 5.41) is 0.814. The number of nitrogens with two attached hydrogens (primary N) is 1. The summed E-state index contributed by atoms with van der Waals surface area (Å²) in [6.45, 7) is 2.96. The molecule has 0 saturated heterocycles. The van der Waals surface area contributed by atoms with Crippen molar-refractivity contribution < 1.29 is 22.4 Å². The minimum Gasteiger partial charge on any atom is -0.444 e. The molecule has 0 unspecified atom stereocenters. The van der Waals surface area contributed by atoms with Gasteiger partial charge in [-0.15, -0.1) is 0 Å². The van der Waals surface area contributed by atoms with Crippen molar-refractivity contribution in [3.05, 3.63) is 51.7 Å². The van der Waals surface area contributed by atoms with Gasteiger partial charge in [0.15, 0.2) is 5.89 Å². The second-order valence-electron chi connectivity index (χ2n) is 6.66. The number of fused-ring (bicyclic) bond motifs is 2. The Labute approximate surface area is 147 Å². The van der Waals surface area contributed by atoms with E-state index in [1.165, 1.54) is 6.07 Å². The number of hydrogen-bond donors (Lipinski definition) is 1. The number of halogens is 3. The summed E-state index contributed by atoms with van der Waals surface area (Å²) in [7, 11) is 0. The number of amides is 1. The molecule has 138 valence electrons. The van der Waals surface area contributed by atoms with Crippen LogP contribution >= 0.6 is 0 Å². The van der Waals surface area contributed by atoms with Crippen LogP contribution in [0.3, 0.4) is 0 Å². The average molecular weight is 366 g/mol. The van der Waals surface area contributed by atoms with E-state index in [0.717, 1.165) is 22.5 Å². The molecule has 0 spiro atoms. The second kappa shape index (κ2) is 5.82. The number of carbonyl (C=O) groups is 1. The standard InChI is InChI=1S/C17H17F3N4O2/c1-9-22-14-2-3-23(8-15(14)26-9)6-10-4-11-12(7-24(21)16(11)25)13(5-10)17(18,19)20/h4-5H,2-3,6-8,21H2,1H3. The van der Waals surface area contributed by atoms with E-state index >= 15 is 0 Å². The third-order valence-electron chi connectivity index (χ3n) is 4.76. The lowest BCUT2D eigenvalue weighted by atomic mass is 9.98. The molecule has 2 aromatic rings. The predicted octanol–water partition coefficient (Wildman–Crippen LogP) is 2.39. The molecule has 0 radical (unpaired) electrons. The van der Waals surface area contributed by atoms with Gasteiger partial charge < -0.3 is 4.42 Å². The SMILES string of the molecule is Cc1nc2c(o1)CN(Cc1cc3c(c(C(F)(F)F)c1)CN(N)C3=O)CC2. The molecule has 2 aliphatic rings. The normalized spacial score (nSPS) is 17.6. The van der Waals surface area contributed by atoms with Gasteiger partial charge in [0.1, 0.15) is 5.76 Å². The van der Waals surface area contributed by atoms with Crippen molar-refractivity contribution in [2.24, 2.45) is 5.84 Å². The number of carbonyl (C=O) groups excluding carboxylic acids is 1. The van der Waals surface area contributed by atoms with E-state index in [1.807, 2.05) is 4.90 Å². The van der Waals surface area contributed by atoms with E-state index in [9.17, 15) is 18.0 Å². The fraction of sp³-hybridized carbons (Fsp3) is 0.412. The van der Waals surface area contributed by atoms with Crippen molar-refractivity contribution in [1.29, 1.82) is 0 Å². The van der Waals surface area contributed by atoms with Gasteiger partial charge in [-0.25, -0.2) is 10.8 Å². The molecule has 2 N–H and O–H groups in total. The molecule has 9 heteroatoms. The van der Waals surface area contributed by atoms with Gasteiger partial charge in [-0.05, 0) is 23.3 Å². The average Bonchev–Trinajstić information content (AvgIpc) is 3.05. The Morgan fingerprint density at radius 1 is 1.31 bits per heavy atom. The van der Waals surface area contributed by atoms with Crippen molar-refractivity contribution >= 4 is 5.91 Å². The first-order valence-corrected chi connectivity index (χ1v) is 8.19. The van der Waals surface area contributed by atoms with Crippen molar-refractivity contribution in [3.8, 4) is 0 Å². The summed E-state index contributed by atoms with van der Waals surface area (Å²) in [5.74, 6) is 6.26. The highest BCUT2D eigenvalue weighted by Gasteiger charge is 2.39. The molecule has 0 aliphatic carbocycles. The number of nitrogens with zero attached hydrogens (tertiary/aromatic N) is 3. The van der Waals surface area contributed by atoms with E-state index in [-0.39, 0.29) is 24.2 Å². The molecule has 0 saturated carbocycles. The van der Waals surface area contributed by atoms with Crippen molar-refractivity contribution in [3.63, 3.8) is 0 Å². The number of benzene rings is 1. The number of alkyl halides is 3. The number of rotatable bonds is 2. The van der Waals surface area contributed by atoms with Crippen LogP contribution in [0.1, 0.15) is 44.4 Å². The van der Waals surface area contributed by atoms with Gasteiger partial charge in [0, 0.05) is 32.0 Å². The minimum absolute atomic E-state index is 0.0329. The lowest BCUT2D eigenvalue weighted by molar-refractivity contribution is -0.138. The molecule has 0 atom stereocenters. The van der Waals surface area contributed by atoms with Gasteiger partial charge in [-0.3, -0.25) is 14.7 Å². The maximum Gasteiger partial charge on any atom is 0.416 e. The highest BCUT2D eigenvalue weighted by molar-refractivity contribution is 5.98. The van der Waals surface area contributed by atoms with Crippen LogP contribution in [0.2, 0.25) is 0 Å². The molecule has 3 heterocycles. The van der Waals surface area contributed by atoms with Crippen molar-refractivity contribution in [2.45, 2.75) is 39.2 Å². The fourth-order valence-electron chi connectivity index (χ4n) is 3.60. The van der Waals surface area contributed by atoms with Crippen LogP contribution in [0, 0.1) is 6.92 Å². The van der Waals surface area contributed by atoms with E-state index in [1.54, 1.807) is 6.92 Å². The Bertz CT molecular complexity index is 891. The van der Waals surface area contributed by atoms with Crippen molar-refractivity contribution in [2.75, 3.05) is 6.54 Å². The van der Waals surface area contributed by atoms with Gasteiger partial charge in [0.25, 0.3) is 5.91 Å². The van der Waals surface area contributed by atoms with Crippen LogP contribution in [-0.2, 0) is 32.2 Å². The summed E-state index contributed by atoms with van der Waals surface area (Å²) in [6, 6.07) is 2.63. The third kappa shape index (κ3) is 2.86. The monoisotopic (exact) mass is 366 g/mol. The van der Waals surface area contributed by atoms with Crippen LogP contribution < -0.4 is 5.84 Å². The molecular weight excluding hydrogens is 349 g/mol. The molecule has 0 fully saturated rings. The Balaban J connectivity index is 1.65. The van der Waals surface area contributed by atoms with E-state index in [4.69, 9.17) is 10.3 Å². The van der Waals surface area contributed by atoms with Gasteiger partial charge in [-0.2, -0.15) is 13.2 Å². The molecule has 4 rings (SSSR count). The van der Waals surface area contributed by atoms with Crippen LogP contribution in [0.15, 0.2) is 16.5 Å². The lowest BCUT2D eigenvalue weighted by Crippen LogP contribution is -2.31. The maximum absolute atomic E-state index is 13.4. The Morgan fingerprint density at radius 2 is 2.08 bits per heavy atom. The summed E-state index contributed by atoms with van der Waals surface area (Å²) in [4.78, 5) is 18.4. The zero-order valence-electron chi connectivity index (χ0n) is 14.1. The Kier molecular flexibility index (Phi) is 3.81. The van der Waals surface area contributed by atoms with Crippen molar-refractivity contribution in [1.82, 2.24) is 14.9 Å². The second-order valence-corrected chi connectivity index (χ2v) is 6.66. The first-order chi connectivity index (χ1) is 12.2. The van der Waals surface area contributed by atoms with E-state index in [2.05, 4.69) is 4.98 Å². The maximum atomic E-state index is 13.4. The quantitative estimate of drug-likeness (QED) is 0.652. The highest BCUT2D eigenvalue weighted by Crippen LogP contribution is 2.37. The Hall–Kier alpha value is -2.39. The minimum atomic E-state index is -4.54. The predicted molar refractivity (Wildman–Crippen MR) is 84.6 cm³/mol. The van der Waals surface area contributed by atoms with Crippen LogP contribution in [-0.4, -0.2) is 27.3 Å². The number of oxazole rings is 1. The fourth-order valence-corrected chi connectivity index (χ4v) is 3.60.